The van der Waals surface area contributed by atoms with E-state index in [2.05, 4.69) is 11.7 Å². The maximum atomic E-state index is 12.3. The molecule has 0 amide bonds. The number of nitrogens with two attached hydrogens (primary N) is 1. The second kappa shape index (κ2) is 13.3. The van der Waals surface area contributed by atoms with Crippen molar-refractivity contribution in [1.82, 2.24) is 0 Å². The number of hydrogen-bond acceptors (Lipinski definition) is 5. The van der Waals surface area contributed by atoms with Crippen molar-refractivity contribution in [2.75, 3.05) is 52.8 Å². The van der Waals surface area contributed by atoms with Crippen molar-refractivity contribution in [3.05, 3.63) is 0 Å². The summed E-state index contributed by atoms with van der Waals surface area (Å²) in [6.45, 7) is 3.84. The molecule has 0 saturated heterocycles. The molecule has 0 rings (SSSR count). The molecule has 21 heavy (non-hydrogen) atoms. The van der Waals surface area contributed by atoms with Gasteiger partial charge in [0.05, 0.1) is 39.6 Å². The van der Waals surface area contributed by atoms with Gasteiger partial charge in [0.15, 0.2) is 6.10 Å². The van der Waals surface area contributed by atoms with Crippen LogP contribution in [0.5, 0.6) is 0 Å². The Bertz CT molecular complexity index is 230. The van der Waals surface area contributed by atoms with E-state index in [-0.39, 0.29) is 13.2 Å². The molecule has 0 aromatic rings. The largest absolute Gasteiger partial charge is 0.415 e. The van der Waals surface area contributed by atoms with E-state index in [9.17, 15) is 13.2 Å². The Morgan fingerprint density at radius 1 is 0.857 bits per heavy atom. The van der Waals surface area contributed by atoms with Gasteiger partial charge in [-0.1, -0.05) is 13.3 Å². The number of ether oxygens (including phenoxy) is 4. The normalized spacial score (nSPS) is 13.6. The van der Waals surface area contributed by atoms with Gasteiger partial charge < -0.3 is 24.7 Å². The molecule has 128 valence electrons. The van der Waals surface area contributed by atoms with Crippen molar-refractivity contribution >= 4 is 0 Å². The van der Waals surface area contributed by atoms with Gasteiger partial charge in [-0.25, -0.2) is 0 Å². The van der Waals surface area contributed by atoms with Crippen LogP contribution in [0.4, 0.5) is 13.2 Å². The summed E-state index contributed by atoms with van der Waals surface area (Å²) in [5, 5.41) is 0. The van der Waals surface area contributed by atoms with Gasteiger partial charge in [0.25, 0.3) is 0 Å². The minimum Gasteiger partial charge on any atom is -0.379 e. The van der Waals surface area contributed by atoms with Gasteiger partial charge in [-0.05, 0) is 6.42 Å². The van der Waals surface area contributed by atoms with Gasteiger partial charge in [0, 0.05) is 13.2 Å². The molecule has 0 saturated carbocycles. The zero-order valence-electron chi connectivity index (χ0n) is 12.5. The fraction of sp³-hybridized carbons (Fsp3) is 1.00. The minimum atomic E-state index is -4.43. The van der Waals surface area contributed by atoms with E-state index in [1.165, 1.54) is 0 Å². The van der Waals surface area contributed by atoms with Crippen LogP contribution in [0.15, 0.2) is 0 Å². The molecule has 0 aliphatic rings. The molecule has 2 N–H and O–H groups in total. The Morgan fingerprint density at radius 3 is 1.76 bits per heavy atom. The Balaban J connectivity index is 3.26. The number of rotatable bonds is 14. The Morgan fingerprint density at radius 2 is 1.33 bits per heavy atom. The lowest BCUT2D eigenvalue weighted by atomic mass is 10.3. The first kappa shape index (κ1) is 20.6. The average molecular weight is 317 g/mol. The lowest BCUT2D eigenvalue weighted by Gasteiger charge is -2.18. The summed E-state index contributed by atoms with van der Waals surface area (Å²) >= 11 is 0. The molecule has 0 spiro atoms. The SMILES string of the molecule is CCCCOCCOCCOCCOC(CN)C(F)(F)F. The van der Waals surface area contributed by atoms with Crippen molar-refractivity contribution in [2.45, 2.75) is 32.0 Å². The van der Waals surface area contributed by atoms with Crippen molar-refractivity contribution in [3.8, 4) is 0 Å². The van der Waals surface area contributed by atoms with Gasteiger partial charge in [-0.3, -0.25) is 0 Å². The third-order valence-electron chi connectivity index (χ3n) is 2.51. The summed E-state index contributed by atoms with van der Waals surface area (Å²) in [5.41, 5.74) is 4.98. The van der Waals surface area contributed by atoms with E-state index < -0.39 is 18.8 Å². The van der Waals surface area contributed by atoms with E-state index in [0.717, 1.165) is 19.4 Å². The van der Waals surface area contributed by atoms with Crippen LogP contribution < -0.4 is 5.73 Å². The molecular weight excluding hydrogens is 291 g/mol. The van der Waals surface area contributed by atoms with Crippen LogP contribution in [0, 0.1) is 0 Å². The summed E-state index contributed by atoms with van der Waals surface area (Å²) < 4.78 is 57.0. The predicted molar refractivity (Wildman–Crippen MR) is 72.2 cm³/mol. The van der Waals surface area contributed by atoms with Crippen LogP contribution in [-0.2, 0) is 18.9 Å². The lowest BCUT2D eigenvalue weighted by molar-refractivity contribution is -0.219. The summed E-state index contributed by atoms with van der Waals surface area (Å²) in [6.07, 6.45) is -4.24. The van der Waals surface area contributed by atoms with E-state index >= 15 is 0 Å². The van der Waals surface area contributed by atoms with E-state index in [0.29, 0.717) is 26.4 Å². The molecule has 0 radical (unpaired) electrons. The highest BCUT2D eigenvalue weighted by atomic mass is 19.4. The molecule has 0 heterocycles. The number of alkyl halides is 3. The second-order valence-corrected chi connectivity index (χ2v) is 4.33. The fourth-order valence-electron chi connectivity index (χ4n) is 1.33. The quantitative estimate of drug-likeness (QED) is 0.495. The van der Waals surface area contributed by atoms with Crippen LogP contribution in [0.1, 0.15) is 19.8 Å². The Labute approximate surface area is 123 Å². The fourth-order valence-corrected chi connectivity index (χ4v) is 1.33. The van der Waals surface area contributed by atoms with Gasteiger partial charge in [-0.15, -0.1) is 0 Å². The van der Waals surface area contributed by atoms with Gasteiger partial charge >= 0.3 is 6.18 Å². The van der Waals surface area contributed by atoms with Crippen LogP contribution in [0.2, 0.25) is 0 Å². The second-order valence-electron chi connectivity index (χ2n) is 4.33. The highest BCUT2D eigenvalue weighted by Gasteiger charge is 2.39. The van der Waals surface area contributed by atoms with Gasteiger partial charge in [0.1, 0.15) is 0 Å². The summed E-state index contributed by atoms with van der Waals surface area (Å²) in [6, 6.07) is 0. The maximum Gasteiger partial charge on any atom is 0.415 e. The molecule has 8 heteroatoms. The van der Waals surface area contributed by atoms with E-state index in [1.807, 2.05) is 0 Å². The molecule has 0 aromatic heterocycles. The number of hydrogen-bond donors (Lipinski definition) is 1. The molecule has 1 atom stereocenters. The molecule has 1 unspecified atom stereocenters. The maximum absolute atomic E-state index is 12.3. The van der Waals surface area contributed by atoms with Crippen LogP contribution in [0.25, 0.3) is 0 Å². The standard InChI is InChI=1S/C13H26F3NO4/c1-2-3-4-18-5-6-19-7-8-20-9-10-21-12(11-17)13(14,15)16/h12H,2-11,17H2,1H3. The topological polar surface area (TPSA) is 62.9 Å². The third-order valence-corrected chi connectivity index (χ3v) is 2.51. The predicted octanol–water partition coefficient (Wildman–Crippen LogP) is 1.74. The van der Waals surface area contributed by atoms with Crippen LogP contribution in [-0.4, -0.2) is 65.1 Å². The monoisotopic (exact) mass is 317 g/mol. The van der Waals surface area contributed by atoms with Crippen LogP contribution in [0.3, 0.4) is 0 Å². The van der Waals surface area contributed by atoms with Gasteiger partial charge in [-0.2, -0.15) is 13.2 Å². The van der Waals surface area contributed by atoms with Gasteiger partial charge in [0.2, 0.25) is 0 Å². The molecule has 0 fully saturated rings. The van der Waals surface area contributed by atoms with E-state index in [1.54, 1.807) is 0 Å². The summed E-state index contributed by atoms with van der Waals surface area (Å²) in [4.78, 5) is 0. The first-order valence-corrected chi connectivity index (χ1v) is 7.14. The van der Waals surface area contributed by atoms with E-state index in [4.69, 9.17) is 19.9 Å². The molecule has 0 bridgehead atoms. The van der Waals surface area contributed by atoms with Crippen molar-refractivity contribution in [3.63, 3.8) is 0 Å². The first-order valence-electron chi connectivity index (χ1n) is 7.14. The average Bonchev–Trinajstić information content (AvgIpc) is 2.42. The number of halogens is 3. The third kappa shape index (κ3) is 13.0. The Hall–Kier alpha value is -0.410. The smallest absolute Gasteiger partial charge is 0.379 e. The minimum absolute atomic E-state index is 0.0724. The highest BCUT2D eigenvalue weighted by Crippen LogP contribution is 2.21. The number of unbranched alkanes of at least 4 members (excludes halogenated alkanes) is 1. The molecule has 0 aliphatic carbocycles. The van der Waals surface area contributed by atoms with Crippen molar-refractivity contribution < 1.29 is 32.1 Å². The first-order chi connectivity index (χ1) is 10.0. The highest BCUT2D eigenvalue weighted by molar-refractivity contribution is 4.67. The lowest BCUT2D eigenvalue weighted by Crippen LogP contribution is -2.39. The summed E-state index contributed by atoms with van der Waals surface area (Å²) in [7, 11) is 0. The molecule has 0 aliphatic heterocycles. The Kier molecular flexibility index (Phi) is 13.0. The van der Waals surface area contributed by atoms with Crippen LogP contribution >= 0.6 is 0 Å². The summed E-state index contributed by atoms with van der Waals surface area (Å²) in [5.74, 6) is 0. The zero-order chi connectivity index (χ0) is 16.0. The molecule has 5 nitrogen and oxygen atoms in total. The van der Waals surface area contributed by atoms with Crippen molar-refractivity contribution in [1.29, 1.82) is 0 Å². The zero-order valence-corrected chi connectivity index (χ0v) is 12.5. The van der Waals surface area contributed by atoms with Crippen molar-refractivity contribution in [2.24, 2.45) is 5.73 Å². The molecule has 0 aromatic carbocycles. The molecular formula is C13H26F3NO4.